The van der Waals surface area contributed by atoms with Crippen molar-refractivity contribution >= 4 is 18.0 Å². The molecule has 1 aliphatic heterocycles. The number of carboxylic acid groups (broad SMARTS) is 1. The predicted octanol–water partition coefficient (Wildman–Crippen LogP) is 1.80. The van der Waals surface area contributed by atoms with Crippen molar-refractivity contribution in [3.63, 3.8) is 0 Å². The Bertz CT molecular complexity index is 410. The predicted molar refractivity (Wildman–Crippen MR) is 67.4 cm³/mol. The zero-order chi connectivity index (χ0) is 14.8. The summed E-state index contributed by atoms with van der Waals surface area (Å²) >= 11 is 0. The maximum atomic E-state index is 12.1. The molecule has 2 atom stereocenters. The fourth-order valence-electron chi connectivity index (χ4n) is 1.96. The Morgan fingerprint density at radius 3 is 2.53 bits per heavy atom. The van der Waals surface area contributed by atoms with Crippen LogP contribution in [0.4, 0.5) is 4.79 Å². The lowest BCUT2D eigenvalue weighted by Gasteiger charge is -2.25. The van der Waals surface area contributed by atoms with Gasteiger partial charge in [0.1, 0.15) is 11.6 Å². The molecule has 1 saturated heterocycles. The highest BCUT2D eigenvalue weighted by molar-refractivity contribution is 6.00. The van der Waals surface area contributed by atoms with Gasteiger partial charge < -0.3 is 9.84 Å². The number of ether oxygens (including phenoxy) is 1. The lowest BCUT2D eigenvalue weighted by atomic mass is 10.0. The molecule has 0 aromatic carbocycles. The summed E-state index contributed by atoms with van der Waals surface area (Å²) in [4.78, 5) is 35.8. The SMILES string of the molecule is C=CCC1C[C@@H](C(=O)O)N(C(=O)OC(C)(C)C)C1=O. The van der Waals surface area contributed by atoms with Gasteiger partial charge in [-0.25, -0.2) is 14.5 Å². The lowest BCUT2D eigenvalue weighted by Crippen LogP contribution is -2.45. The molecule has 0 radical (unpaired) electrons. The Balaban J connectivity index is 2.94. The van der Waals surface area contributed by atoms with E-state index in [0.29, 0.717) is 11.3 Å². The largest absolute Gasteiger partial charge is 0.480 e. The number of allylic oxidation sites excluding steroid dienone is 1. The first kappa shape index (κ1) is 15.2. The standard InChI is InChI=1S/C13H19NO5/c1-5-6-8-7-9(11(16)17)14(10(8)15)12(18)19-13(2,3)4/h5,8-9H,1,6-7H2,2-4H3,(H,16,17)/t8?,9-/m0/s1. The van der Waals surface area contributed by atoms with Gasteiger partial charge >= 0.3 is 12.1 Å². The van der Waals surface area contributed by atoms with Crippen LogP contribution in [-0.4, -0.2) is 39.6 Å². The highest BCUT2D eigenvalue weighted by atomic mass is 16.6. The zero-order valence-electron chi connectivity index (χ0n) is 11.4. The molecule has 2 amide bonds. The molecule has 0 aliphatic carbocycles. The molecule has 0 aromatic rings. The van der Waals surface area contributed by atoms with Crippen molar-refractivity contribution in [1.82, 2.24) is 4.90 Å². The van der Waals surface area contributed by atoms with Crippen LogP contribution in [0.2, 0.25) is 0 Å². The third-order valence-electron chi connectivity index (χ3n) is 2.73. The van der Waals surface area contributed by atoms with Crippen molar-refractivity contribution in [3.8, 4) is 0 Å². The smallest absolute Gasteiger partial charge is 0.417 e. The van der Waals surface area contributed by atoms with E-state index in [1.165, 1.54) is 0 Å². The van der Waals surface area contributed by atoms with Gasteiger partial charge in [-0.3, -0.25) is 4.79 Å². The maximum Gasteiger partial charge on any atom is 0.417 e. The second-order valence-electron chi connectivity index (χ2n) is 5.50. The van der Waals surface area contributed by atoms with Crippen molar-refractivity contribution in [3.05, 3.63) is 12.7 Å². The molecule has 19 heavy (non-hydrogen) atoms. The fourth-order valence-corrected chi connectivity index (χ4v) is 1.96. The number of rotatable bonds is 3. The number of aliphatic carboxylic acids is 1. The number of hydrogen-bond donors (Lipinski definition) is 1. The molecule has 6 nitrogen and oxygen atoms in total. The number of likely N-dealkylation sites (tertiary alicyclic amines) is 1. The quantitative estimate of drug-likeness (QED) is 0.790. The first-order valence-electron chi connectivity index (χ1n) is 6.07. The minimum absolute atomic E-state index is 0.0967. The molecular formula is C13H19NO5. The van der Waals surface area contributed by atoms with Gasteiger partial charge in [-0.15, -0.1) is 6.58 Å². The summed E-state index contributed by atoms with van der Waals surface area (Å²) in [5.41, 5.74) is -0.781. The van der Waals surface area contributed by atoms with Crippen molar-refractivity contribution in [2.45, 2.75) is 45.3 Å². The summed E-state index contributed by atoms with van der Waals surface area (Å²) in [6.07, 6.45) is 1.08. The maximum absolute atomic E-state index is 12.1. The summed E-state index contributed by atoms with van der Waals surface area (Å²) < 4.78 is 5.08. The van der Waals surface area contributed by atoms with Crippen LogP contribution in [0.25, 0.3) is 0 Å². The molecule has 1 aliphatic rings. The van der Waals surface area contributed by atoms with Gasteiger partial charge in [0.25, 0.3) is 0 Å². The van der Waals surface area contributed by atoms with E-state index < -0.39 is 35.5 Å². The monoisotopic (exact) mass is 269 g/mol. The van der Waals surface area contributed by atoms with E-state index in [2.05, 4.69) is 6.58 Å². The first-order valence-corrected chi connectivity index (χ1v) is 6.07. The van der Waals surface area contributed by atoms with Gasteiger partial charge in [-0.2, -0.15) is 0 Å². The number of carbonyl (C=O) groups excluding carboxylic acids is 2. The van der Waals surface area contributed by atoms with Gasteiger partial charge in [0, 0.05) is 5.92 Å². The van der Waals surface area contributed by atoms with E-state index in [1.807, 2.05) is 0 Å². The molecule has 1 N–H and O–H groups in total. The molecule has 1 rings (SSSR count). The summed E-state index contributed by atoms with van der Waals surface area (Å²) in [6, 6.07) is -1.16. The molecule has 1 unspecified atom stereocenters. The van der Waals surface area contributed by atoms with Crippen molar-refractivity contribution < 1.29 is 24.2 Å². The highest BCUT2D eigenvalue weighted by Crippen LogP contribution is 2.29. The third kappa shape index (κ3) is 3.56. The van der Waals surface area contributed by atoms with E-state index in [1.54, 1.807) is 26.8 Å². The summed E-state index contributed by atoms with van der Waals surface area (Å²) in [5.74, 6) is -2.24. The molecule has 0 aromatic heterocycles. The van der Waals surface area contributed by atoms with E-state index in [-0.39, 0.29) is 6.42 Å². The first-order chi connectivity index (χ1) is 8.67. The Kier molecular flexibility index (Phi) is 4.34. The Morgan fingerprint density at radius 1 is 1.53 bits per heavy atom. The van der Waals surface area contributed by atoms with Crippen LogP contribution in [0, 0.1) is 5.92 Å². The van der Waals surface area contributed by atoms with Gasteiger partial charge in [0.15, 0.2) is 0 Å². The Morgan fingerprint density at radius 2 is 2.11 bits per heavy atom. The topological polar surface area (TPSA) is 83.9 Å². The van der Waals surface area contributed by atoms with Crippen LogP contribution in [0.5, 0.6) is 0 Å². The van der Waals surface area contributed by atoms with Gasteiger partial charge in [0.2, 0.25) is 5.91 Å². The Labute approximate surface area is 112 Å². The zero-order valence-corrected chi connectivity index (χ0v) is 11.4. The minimum Gasteiger partial charge on any atom is -0.480 e. The van der Waals surface area contributed by atoms with Crippen LogP contribution in [0.15, 0.2) is 12.7 Å². The molecule has 1 fully saturated rings. The number of imide groups is 1. The van der Waals surface area contributed by atoms with E-state index in [0.717, 1.165) is 0 Å². The van der Waals surface area contributed by atoms with Crippen LogP contribution in [0.3, 0.4) is 0 Å². The summed E-state index contributed by atoms with van der Waals surface area (Å²) in [6.45, 7) is 8.49. The van der Waals surface area contributed by atoms with Crippen LogP contribution in [0.1, 0.15) is 33.6 Å². The molecule has 6 heteroatoms. The van der Waals surface area contributed by atoms with E-state index in [4.69, 9.17) is 9.84 Å². The van der Waals surface area contributed by atoms with Gasteiger partial charge in [-0.05, 0) is 33.6 Å². The number of amides is 2. The number of hydrogen-bond acceptors (Lipinski definition) is 4. The van der Waals surface area contributed by atoms with Crippen molar-refractivity contribution in [2.24, 2.45) is 5.92 Å². The van der Waals surface area contributed by atoms with Gasteiger partial charge in [0.05, 0.1) is 0 Å². The summed E-state index contributed by atoms with van der Waals surface area (Å²) in [7, 11) is 0. The second kappa shape index (κ2) is 5.42. The minimum atomic E-state index is -1.20. The molecule has 1 heterocycles. The average molecular weight is 269 g/mol. The normalized spacial score (nSPS) is 23.3. The average Bonchev–Trinajstić information content (AvgIpc) is 2.54. The molecular weight excluding hydrogens is 250 g/mol. The molecule has 0 saturated carbocycles. The van der Waals surface area contributed by atoms with E-state index in [9.17, 15) is 14.4 Å². The molecule has 0 bridgehead atoms. The number of carbonyl (C=O) groups is 3. The second-order valence-corrected chi connectivity index (χ2v) is 5.50. The molecule has 0 spiro atoms. The summed E-state index contributed by atoms with van der Waals surface area (Å²) in [5, 5.41) is 9.11. The number of nitrogens with zero attached hydrogens (tertiary/aromatic N) is 1. The fraction of sp³-hybridized carbons (Fsp3) is 0.615. The van der Waals surface area contributed by atoms with Crippen molar-refractivity contribution in [1.29, 1.82) is 0 Å². The Hall–Kier alpha value is -1.85. The lowest BCUT2D eigenvalue weighted by molar-refractivity contribution is -0.145. The van der Waals surface area contributed by atoms with Gasteiger partial charge in [-0.1, -0.05) is 6.08 Å². The van der Waals surface area contributed by atoms with Crippen molar-refractivity contribution in [2.75, 3.05) is 0 Å². The highest BCUT2D eigenvalue weighted by Gasteiger charge is 2.47. The van der Waals surface area contributed by atoms with Crippen LogP contribution >= 0.6 is 0 Å². The molecule has 106 valence electrons. The van der Waals surface area contributed by atoms with Crippen LogP contribution in [-0.2, 0) is 14.3 Å². The van der Waals surface area contributed by atoms with E-state index >= 15 is 0 Å². The number of carboxylic acids is 1. The van der Waals surface area contributed by atoms with Crippen LogP contribution < -0.4 is 0 Å². The third-order valence-corrected chi connectivity index (χ3v) is 2.73.